The number of ether oxygens (including phenoxy) is 4. The van der Waals surface area contributed by atoms with Crippen molar-refractivity contribution in [2.75, 3.05) is 62.4 Å². The molecule has 98 heavy (non-hydrogen) atoms. The number of nitrogens with zero attached hydrogens (tertiary/aromatic N) is 1. The summed E-state index contributed by atoms with van der Waals surface area (Å²) in [7, 11) is 0. The van der Waals surface area contributed by atoms with E-state index < -0.39 is 156 Å². The van der Waals surface area contributed by atoms with Gasteiger partial charge in [0.1, 0.15) is 30.0 Å². The zero-order chi connectivity index (χ0) is 70.4. The second kappa shape index (κ2) is 38.2. The molecule has 29 nitrogen and oxygen atoms in total. The van der Waals surface area contributed by atoms with E-state index in [1.54, 1.807) is 48.5 Å². The molecule has 0 radical (unpaired) electrons. The van der Waals surface area contributed by atoms with Crippen molar-refractivity contribution in [1.82, 2.24) is 31.9 Å². The van der Waals surface area contributed by atoms with Gasteiger partial charge in [0.25, 0.3) is 40.9 Å². The standard InChI is InChI=1S/C66H79N7O22S2.Na/c1-38(74)71-53-49(76)34-65(63(86)87,94-57(53)55(80)51(78)36-69-59(82)44-19-15-42(16-20-44)40-11-5-3-6-12-40)92-27-9-29-96-31-25-67-61(84)46-23-24-47(48(33-46)73(90)91)62(85)68-26-32-97-30-10-28-93-66(64(88)89)35-50(77)54(72-39(2)75)58(95-66)56(81)52(79)37-70-60(83)45-21-17-43(18-22-45)41-13-7-4-8-14-41;/h3-8,11-24,33,49-58,76-81H,9-10,25-32,34-37H2,1-2H3,(H,67,84)(H,68,85)(H,69,82)(H,70,83)(H,71,74)(H,72,75)(H,86,87)(H,88,89);/q;+1/t49-,50-,51+,52+,53+,54+,55?,56?,57+,58+,65+,66+;/m0./s1. The number of carbonyl (C=O) groups excluding carboxylic acids is 6. The summed E-state index contributed by atoms with van der Waals surface area (Å²) in [6.07, 6.45) is -15.3. The molecule has 2 heterocycles. The number of aliphatic carboxylic acids is 2. The Labute approximate surface area is 593 Å². The van der Waals surface area contributed by atoms with Crippen LogP contribution in [0.1, 0.15) is 81.0 Å². The second-order valence-corrected chi connectivity index (χ2v) is 25.3. The van der Waals surface area contributed by atoms with Crippen molar-refractivity contribution >= 4 is 76.6 Å². The normalized spacial score (nSPS) is 21.7. The van der Waals surface area contributed by atoms with Crippen LogP contribution in [0, 0.1) is 10.1 Å². The number of carbonyl (C=O) groups is 8. The summed E-state index contributed by atoms with van der Waals surface area (Å²) >= 11 is 2.62. The number of aliphatic hydroxyl groups excluding tert-OH is 6. The summed E-state index contributed by atoms with van der Waals surface area (Å²) in [5.41, 5.74) is 2.98. The van der Waals surface area contributed by atoms with E-state index in [9.17, 15) is 89.3 Å². The van der Waals surface area contributed by atoms with Crippen LogP contribution in [-0.2, 0) is 38.1 Å². The predicted molar refractivity (Wildman–Crippen MR) is 353 cm³/mol. The monoisotopic (exact) mass is 1410 g/mol. The van der Waals surface area contributed by atoms with E-state index in [0.29, 0.717) is 17.3 Å². The molecule has 32 heteroatoms. The molecule has 0 spiro atoms. The van der Waals surface area contributed by atoms with Crippen LogP contribution in [0.2, 0.25) is 0 Å². The van der Waals surface area contributed by atoms with E-state index in [4.69, 9.17) is 18.9 Å². The van der Waals surface area contributed by atoms with E-state index in [0.717, 1.165) is 48.2 Å². The average Bonchev–Trinajstić information content (AvgIpc) is 0.717. The maximum atomic E-state index is 13.2. The van der Waals surface area contributed by atoms with Crippen LogP contribution in [0.5, 0.6) is 0 Å². The molecule has 2 aliphatic rings. The van der Waals surface area contributed by atoms with Crippen molar-refractivity contribution in [3.8, 4) is 22.3 Å². The number of carboxylic acid groups (broad SMARTS) is 2. The van der Waals surface area contributed by atoms with Crippen LogP contribution in [0.25, 0.3) is 22.3 Å². The summed E-state index contributed by atoms with van der Waals surface area (Å²) in [5.74, 6) is -11.2. The number of carboxylic acids is 2. The van der Waals surface area contributed by atoms with Gasteiger partial charge in [0.2, 0.25) is 11.8 Å². The fourth-order valence-corrected chi connectivity index (χ4v) is 12.3. The molecule has 2 unspecified atom stereocenters. The van der Waals surface area contributed by atoms with Gasteiger partial charge in [-0.1, -0.05) is 84.9 Å². The Morgan fingerprint density at radius 3 is 1.29 bits per heavy atom. The molecule has 14 N–H and O–H groups in total. The average molecular weight is 1410 g/mol. The number of thioether (sulfide) groups is 2. The summed E-state index contributed by atoms with van der Waals surface area (Å²) in [6, 6.07) is 32.6. The van der Waals surface area contributed by atoms with E-state index in [-0.39, 0.29) is 96.7 Å². The minimum absolute atomic E-state index is 0. The van der Waals surface area contributed by atoms with Gasteiger partial charge in [-0.3, -0.25) is 38.9 Å². The quantitative estimate of drug-likeness (QED) is 0.00985. The van der Waals surface area contributed by atoms with Gasteiger partial charge in [0.15, 0.2) is 0 Å². The van der Waals surface area contributed by atoms with Gasteiger partial charge >= 0.3 is 41.5 Å². The Hall–Kier alpha value is -7.44. The topological polar surface area (TPSA) is 451 Å². The molecule has 5 aromatic carbocycles. The van der Waals surface area contributed by atoms with Gasteiger partial charge in [-0.05, 0) is 83.0 Å². The number of nitro groups is 1. The molecular weight excluding hydrogens is 1330 g/mol. The molecule has 2 aliphatic heterocycles. The van der Waals surface area contributed by atoms with Crippen molar-refractivity contribution < 1.29 is 133 Å². The molecular formula is C66H79N7NaO22S2+. The molecule has 0 aromatic heterocycles. The van der Waals surface area contributed by atoms with Crippen LogP contribution >= 0.6 is 23.5 Å². The third-order valence-corrected chi connectivity index (χ3v) is 17.9. The van der Waals surface area contributed by atoms with Gasteiger partial charge in [-0.25, -0.2) is 9.59 Å². The molecule has 522 valence electrons. The second-order valence-electron chi connectivity index (χ2n) is 22.8. The van der Waals surface area contributed by atoms with Crippen molar-refractivity contribution in [2.45, 2.75) is 112 Å². The summed E-state index contributed by atoms with van der Waals surface area (Å²) in [6.45, 7) is 0.771. The van der Waals surface area contributed by atoms with Crippen LogP contribution in [0.15, 0.2) is 127 Å². The minimum atomic E-state index is -2.55. The zero-order valence-corrected chi connectivity index (χ0v) is 57.5. The first-order valence-electron chi connectivity index (χ1n) is 30.9. The van der Waals surface area contributed by atoms with Crippen LogP contribution in [0.3, 0.4) is 0 Å². The van der Waals surface area contributed by atoms with Crippen molar-refractivity contribution in [2.24, 2.45) is 0 Å². The zero-order valence-electron chi connectivity index (χ0n) is 53.9. The van der Waals surface area contributed by atoms with Crippen LogP contribution in [0.4, 0.5) is 5.69 Å². The van der Waals surface area contributed by atoms with Gasteiger partial charge < -0.3 is 91.7 Å². The number of nitro benzene ring substituents is 1. The smallest absolute Gasteiger partial charge is 0.477 e. The molecule has 7 rings (SSSR count). The third-order valence-electron chi connectivity index (χ3n) is 15.8. The predicted octanol–water partition coefficient (Wildman–Crippen LogP) is -1.15. The number of amides is 6. The molecule has 5 aromatic rings. The van der Waals surface area contributed by atoms with Crippen molar-refractivity contribution in [3.05, 3.63) is 160 Å². The fourth-order valence-electron chi connectivity index (χ4n) is 10.8. The van der Waals surface area contributed by atoms with Gasteiger partial charge in [-0.15, -0.1) is 0 Å². The fraction of sp³-hybridized carbons (Fsp3) is 0.424. The molecule has 0 aliphatic carbocycles. The molecule has 0 saturated carbocycles. The van der Waals surface area contributed by atoms with E-state index in [1.807, 2.05) is 60.7 Å². The largest absolute Gasteiger partial charge is 1.00 e. The Kier molecular flexibility index (Phi) is 31.0. The SMILES string of the molecule is CC(=O)N[C@@H]1[C@@H](O)C[C@](OCCCSCCNC(=O)c2ccc(C(=O)NCCSCCCO[C@]3(C(=O)O)C[C@H](O)[C@@H](NC(C)=O)[C@H](C(O)[C@H](O)CNC(=O)c4ccc(-c5ccccc5)cc4)O3)c([N+](=O)[O-])c2)(C(=O)O)O[C@H]1C(O)[C@H](O)CNC(=O)c1ccc(-c2ccccc2)cc1.[Na+]. The van der Waals surface area contributed by atoms with Crippen molar-refractivity contribution in [3.63, 3.8) is 0 Å². The first kappa shape index (κ1) is 79.5. The number of aliphatic hydroxyl groups is 6. The van der Waals surface area contributed by atoms with E-state index in [2.05, 4.69) is 31.9 Å². The third kappa shape index (κ3) is 22.0. The Balaban J connectivity index is 0.0000152. The van der Waals surface area contributed by atoms with Crippen LogP contribution < -0.4 is 61.5 Å². The Morgan fingerprint density at radius 2 is 0.908 bits per heavy atom. The summed E-state index contributed by atoms with van der Waals surface area (Å²) in [5, 5.41) is 115. The minimum Gasteiger partial charge on any atom is -0.477 e. The number of benzene rings is 5. The molecule has 2 saturated heterocycles. The number of hydrogen-bond donors (Lipinski definition) is 14. The van der Waals surface area contributed by atoms with Gasteiger partial charge in [-0.2, -0.15) is 23.5 Å². The molecule has 6 amide bonds. The van der Waals surface area contributed by atoms with E-state index >= 15 is 0 Å². The molecule has 0 bridgehead atoms. The summed E-state index contributed by atoms with van der Waals surface area (Å²) < 4.78 is 23.1. The Morgan fingerprint density at radius 1 is 0.541 bits per heavy atom. The maximum Gasteiger partial charge on any atom is 1.00 e. The van der Waals surface area contributed by atoms with Gasteiger partial charge in [0, 0.05) is 87.1 Å². The first-order chi connectivity index (χ1) is 46.3. The number of hydrogen-bond acceptors (Lipinski definition) is 22. The summed E-state index contributed by atoms with van der Waals surface area (Å²) in [4.78, 5) is 113. The van der Waals surface area contributed by atoms with E-state index in [1.165, 1.54) is 29.6 Å². The number of nitrogens with one attached hydrogen (secondary N) is 6. The Bertz CT molecular complexity index is 3520. The maximum absolute atomic E-state index is 13.2. The van der Waals surface area contributed by atoms with Gasteiger partial charge in [0.05, 0.1) is 54.6 Å². The molecule has 12 atom stereocenters. The molecule has 2 fully saturated rings. The first-order valence-corrected chi connectivity index (χ1v) is 33.2. The number of rotatable bonds is 35. The van der Waals surface area contributed by atoms with Crippen LogP contribution in [-0.4, -0.2) is 228 Å². The van der Waals surface area contributed by atoms with Crippen molar-refractivity contribution in [1.29, 1.82) is 0 Å².